The number of ether oxygens (including phenoxy) is 2. The van der Waals surface area contributed by atoms with E-state index in [4.69, 9.17) is 9.47 Å². The molecule has 1 saturated heterocycles. The molecule has 0 spiro atoms. The Labute approximate surface area is 189 Å². The fraction of sp³-hybridized carbons (Fsp3) is 0.435. The Hall–Kier alpha value is -3.30. The highest BCUT2D eigenvalue weighted by atomic mass is 19.4. The number of methoxy groups -OCH3 is 1. The number of benzene rings is 1. The second kappa shape index (κ2) is 8.92. The maximum atomic E-state index is 13.4. The zero-order chi connectivity index (χ0) is 23.8. The predicted molar refractivity (Wildman–Crippen MR) is 114 cm³/mol. The summed E-state index contributed by atoms with van der Waals surface area (Å²) in [6.45, 7) is 4.23. The van der Waals surface area contributed by atoms with Crippen LogP contribution >= 0.6 is 0 Å². The molecule has 10 heteroatoms. The van der Waals surface area contributed by atoms with Crippen LogP contribution in [0.25, 0.3) is 5.65 Å². The second-order valence-corrected chi connectivity index (χ2v) is 8.08. The molecule has 0 radical (unpaired) electrons. The zero-order valence-electron chi connectivity index (χ0n) is 18.6. The molecule has 3 aromatic rings. The molecule has 0 saturated carbocycles. The van der Waals surface area contributed by atoms with Crippen LogP contribution in [0.3, 0.4) is 0 Å². The van der Waals surface area contributed by atoms with Gasteiger partial charge in [0.25, 0.3) is 5.91 Å². The van der Waals surface area contributed by atoms with Crippen molar-refractivity contribution in [1.29, 1.82) is 0 Å². The van der Waals surface area contributed by atoms with Gasteiger partial charge in [0.15, 0.2) is 11.8 Å². The molecular formula is C23H25F3N4O3. The fourth-order valence-electron chi connectivity index (χ4n) is 4.07. The number of hydrogen-bond acceptors (Lipinski definition) is 5. The van der Waals surface area contributed by atoms with E-state index >= 15 is 0 Å². The molecule has 0 aliphatic carbocycles. The Morgan fingerprint density at radius 2 is 2.00 bits per heavy atom. The molecule has 33 heavy (non-hydrogen) atoms. The van der Waals surface area contributed by atoms with Crippen LogP contribution in [-0.4, -0.2) is 51.7 Å². The number of carbonyl (C=O) groups is 1. The van der Waals surface area contributed by atoms with Crippen LogP contribution in [0.15, 0.2) is 36.4 Å². The van der Waals surface area contributed by atoms with E-state index in [9.17, 15) is 18.0 Å². The van der Waals surface area contributed by atoms with Crippen molar-refractivity contribution in [3.8, 4) is 11.5 Å². The van der Waals surface area contributed by atoms with Gasteiger partial charge in [0.1, 0.15) is 17.2 Å². The molecule has 0 unspecified atom stereocenters. The summed E-state index contributed by atoms with van der Waals surface area (Å²) in [5, 5.41) is 4.20. The number of nitrogens with zero attached hydrogens (tertiary/aromatic N) is 4. The van der Waals surface area contributed by atoms with Crippen molar-refractivity contribution in [2.45, 2.75) is 44.9 Å². The molecule has 4 rings (SSSR count). The van der Waals surface area contributed by atoms with Gasteiger partial charge in [-0.25, -0.2) is 9.50 Å². The van der Waals surface area contributed by atoms with E-state index in [0.717, 1.165) is 10.6 Å². The predicted octanol–water partition coefficient (Wildman–Crippen LogP) is 4.24. The van der Waals surface area contributed by atoms with E-state index in [1.165, 1.54) is 6.92 Å². The van der Waals surface area contributed by atoms with Gasteiger partial charge in [0.05, 0.1) is 12.8 Å². The lowest BCUT2D eigenvalue weighted by atomic mass is 10.1. The summed E-state index contributed by atoms with van der Waals surface area (Å²) in [7, 11) is 1.56. The summed E-state index contributed by atoms with van der Waals surface area (Å²) < 4.78 is 52.3. The monoisotopic (exact) mass is 462 g/mol. The minimum absolute atomic E-state index is 0.148. The molecule has 2 atom stereocenters. The van der Waals surface area contributed by atoms with Crippen molar-refractivity contribution in [1.82, 2.24) is 19.5 Å². The summed E-state index contributed by atoms with van der Waals surface area (Å²) in [6.07, 6.45) is -4.13. The number of hydrogen-bond donors (Lipinski definition) is 0. The van der Waals surface area contributed by atoms with Crippen LogP contribution in [0.2, 0.25) is 0 Å². The van der Waals surface area contributed by atoms with Gasteiger partial charge in [0, 0.05) is 36.8 Å². The highest BCUT2D eigenvalue weighted by molar-refractivity contribution is 5.81. The molecule has 1 amide bonds. The Morgan fingerprint density at radius 1 is 1.24 bits per heavy atom. The third-order valence-electron chi connectivity index (χ3n) is 5.75. The smallest absolute Gasteiger partial charge is 0.433 e. The van der Waals surface area contributed by atoms with Crippen molar-refractivity contribution in [3.05, 3.63) is 53.5 Å². The van der Waals surface area contributed by atoms with Crippen LogP contribution < -0.4 is 9.47 Å². The molecule has 176 valence electrons. The zero-order valence-corrected chi connectivity index (χ0v) is 18.6. The molecule has 1 aliphatic rings. The van der Waals surface area contributed by atoms with Gasteiger partial charge in [-0.15, -0.1) is 0 Å². The maximum Gasteiger partial charge on any atom is 0.433 e. The Morgan fingerprint density at radius 3 is 2.70 bits per heavy atom. The minimum atomic E-state index is -4.54. The summed E-state index contributed by atoms with van der Waals surface area (Å²) >= 11 is 0. The van der Waals surface area contributed by atoms with Gasteiger partial charge in [0.2, 0.25) is 0 Å². The van der Waals surface area contributed by atoms with Crippen LogP contribution in [0.5, 0.6) is 11.5 Å². The lowest BCUT2D eigenvalue weighted by molar-refractivity contribution is -0.142. The third kappa shape index (κ3) is 4.74. The van der Waals surface area contributed by atoms with Crippen LogP contribution in [0.1, 0.15) is 42.8 Å². The van der Waals surface area contributed by atoms with E-state index in [2.05, 4.69) is 10.1 Å². The number of aromatic nitrogens is 3. The molecule has 7 nitrogen and oxygen atoms in total. The van der Waals surface area contributed by atoms with E-state index in [0.29, 0.717) is 43.1 Å². The highest BCUT2D eigenvalue weighted by Crippen LogP contribution is 2.32. The van der Waals surface area contributed by atoms with Crippen molar-refractivity contribution >= 4 is 11.6 Å². The Kier molecular flexibility index (Phi) is 6.18. The topological polar surface area (TPSA) is 69.0 Å². The third-order valence-corrected chi connectivity index (χ3v) is 5.75. The molecular weight excluding hydrogens is 437 g/mol. The number of halogens is 3. The summed E-state index contributed by atoms with van der Waals surface area (Å²) in [4.78, 5) is 19.0. The first-order valence-electron chi connectivity index (χ1n) is 10.7. The molecule has 1 aromatic carbocycles. The summed E-state index contributed by atoms with van der Waals surface area (Å²) in [6, 6.07) is 9.60. The maximum absolute atomic E-state index is 13.4. The van der Waals surface area contributed by atoms with Crippen molar-refractivity contribution < 1.29 is 27.4 Å². The van der Waals surface area contributed by atoms with Crippen LogP contribution in [0.4, 0.5) is 13.2 Å². The number of alkyl halides is 3. The van der Waals surface area contributed by atoms with Crippen molar-refractivity contribution in [2.75, 3.05) is 20.2 Å². The molecule has 3 heterocycles. The number of likely N-dealkylation sites (tertiary alicyclic amines) is 1. The molecule has 0 bridgehead atoms. The van der Waals surface area contributed by atoms with Gasteiger partial charge < -0.3 is 14.4 Å². The fourth-order valence-corrected chi connectivity index (χ4v) is 4.07. The number of fused-ring (bicyclic) bond motifs is 1. The molecule has 0 N–H and O–H groups in total. The van der Waals surface area contributed by atoms with Crippen molar-refractivity contribution in [2.24, 2.45) is 0 Å². The standard InChI is InChI=1S/C23H25F3N4O3/c1-4-19(33-17-7-5-6-16(11-17)32-3)22(31)29-9-8-15(13-29)18-12-21-27-14(2)10-20(23(24,25)26)30(21)28-18/h5-7,10-12,15,19H,4,8-9,13H2,1-3H3/t15-,19-/m1/s1. The molecule has 1 fully saturated rings. The molecule has 1 aliphatic heterocycles. The van der Waals surface area contributed by atoms with Gasteiger partial charge in [-0.1, -0.05) is 13.0 Å². The van der Waals surface area contributed by atoms with E-state index in [-0.39, 0.29) is 23.2 Å². The lowest BCUT2D eigenvalue weighted by Gasteiger charge is -2.23. The van der Waals surface area contributed by atoms with E-state index < -0.39 is 18.0 Å². The quantitative estimate of drug-likeness (QED) is 0.548. The average molecular weight is 462 g/mol. The second-order valence-electron chi connectivity index (χ2n) is 8.08. The Bertz CT molecular complexity index is 1160. The van der Waals surface area contributed by atoms with Crippen molar-refractivity contribution in [3.63, 3.8) is 0 Å². The average Bonchev–Trinajstić information content (AvgIpc) is 3.43. The first kappa shape index (κ1) is 22.9. The van der Waals surface area contributed by atoms with Crippen LogP contribution in [0, 0.1) is 6.92 Å². The number of carbonyl (C=O) groups excluding carboxylic acids is 1. The summed E-state index contributed by atoms with van der Waals surface area (Å²) in [5.74, 6) is 0.833. The largest absolute Gasteiger partial charge is 0.497 e. The first-order chi connectivity index (χ1) is 15.7. The minimum Gasteiger partial charge on any atom is -0.497 e. The SMILES string of the molecule is CC[C@@H](Oc1cccc(OC)c1)C(=O)N1CC[C@@H](c2cc3nc(C)cc(C(F)(F)F)n3n2)C1. The highest BCUT2D eigenvalue weighted by Gasteiger charge is 2.37. The van der Waals surface area contributed by atoms with Gasteiger partial charge in [-0.2, -0.15) is 18.3 Å². The van der Waals surface area contributed by atoms with E-state index in [1.54, 1.807) is 42.3 Å². The first-order valence-corrected chi connectivity index (χ1v) is 10.7. The normalized spacial score (nSPS) is 17.4. The van der Waals surface area contributed by atoms with Gasteiger partial charge >= 0.3 is 6.18 Å². The summed E-state index contributed by atoms with van der Waals surface area (Å²) in [5.41, 5.74) is 0.0513. The molecule has 2 aromatic heterocycles. The number of amides is 1. The van der Waals surface area contributed by atoms with Gasteiger partial charge in [-0.05, 0) is 38.0 Å². The van der Waals surface area contributed by atoms with Crippen LogP contribution in [-0.2, 0) is 11.0 Å². The Balaban J connectivity index is 1.50. The number of rotatable bonds is 6. The lowest BCUT2D eigenvalue weighted by Crippen LogP contribution is -2.40. The number of aryl methyl sites for hydroxylation is 1. The van der Waals surface area contributed by atoms with Gasteiger partial charge in [-0.3, -0.25) is 4.79 Å². The van der Waals surface area contributed by atoms with E-state index in [1.807, 2.05) is 6.92 Å².